The minimum atomic E-state index is -0.394. The Morgan fingerprint density at radius 3 is 2.75 bits per heavy atom. The molecule has 148 valence electrons. The van der Waals surface area contributed by atoms with Gasteiger partial charge in [0.05, 0.1) is 18.8 Å². The first-order valence-electron chi connectivity index (χ1n) is 9.01. The highest BCUT2D eigenvalue weighted by Gasteiger charge is 2.27. The molecule has 3 rings (SSSR count). The highest BCUT2D eigenvalue weighted by molar-refractivity contribution is 7.80. The number of ether oxygens (including phenoxy) is 2. The quantitative estimate of drug-likeness (QED) is 0.566. The highest BCUT2D eigenvalue weighted by atomic mass is 32.1. The van der Waals surface area contributed by atoms with E-state index >= 15 is 0 Å². The molecule has 2 N–H and O–H groups in total. The van der Waals surface area contributed by atoms with Crippen LogP contribution in [0.4, 0.5) is 5.00 Å². The Bertz CT molecular complexity index is 921. The lowest BCUT2D eigenvalue weighted by Gasteiger charge is -2.12. The summed E-state index contributed by atoms with van der Waals surface area (Å²) in [6, 6.07) is 6.90. The van der Waals surface area contributed by atoms with Gasteiger partial charge < -0.3 is 14.8 Å². The molecule has 1 amide bonds. The Kier molecular flexibility index (Phi) is 6.31. The Morgan fingerprint density at radius 1 is 1.25 bits per heavy atom. The van der Waals surface area contributed by atoms with Crippen molar-refractivity contribution in [3.05, 3.63) is 45.8 Å². The molecule has 0 bridgehead atoms. The fraction of sp³-hybridized carbons (Fsp3) is 0.350. The smallest absolute Gasteiger partial charge is 0.341 e. The van der Waals surface area contributed by atoms with Gasteiger partial charge in [-0.1, -0.05) is 6.07 Å². The number of carbonyl (C=O) groups is 2. The van der Waals surface area contributed by atoms with Crippen molar-refractivity contribution in [2.24, 2.45) is 0 Å². The number of fused-ring (bicyclic) bond motifs is 1. The van der Waals surface area contributed by atoms with E-state index in [4.69, 9.17) is 21.7 Å². The van der Waals surface area contributed by atoms with Crippen LogP contribution in [-0.2, 0) is 17.6 Å². The van der Waals surface area contributed by atoms with Crippen LogP contribution in [0.1, 0.15) is 51.4 Å². The summed E-state index contributed by atoms with van der Waals surface area (Å²) in [6.07, 6.45) is 2.83. The fourth-order valence-electron chi connectivity index (χ4n) is 3.10. The van der Waals surface area contributed by atoms with E-state index in [9.17, 15) is 9.59 Å². The first-order valence-corrected chi connectivity index (χ1v) is 10.2. The molecule has 0 aliphatic heterocycles. The van der Waals surface area contributed by atoms with Gasteiger partial charge in [-0.05, 0) is 69.1 Å². The first kappa shape index (κ1) is 20.3. The van der Waals surface area contributed by atoms with Gasteiger partial charge in [-0.15, -0.1) is 11.3 Å². The van der Waals surface area contributed by atoms with Crippen molar-refractivity contribution in [2.45, 2.75) is 39.2 Å². The average Bonchev–Trinajstić information content (AvgIpc) is 3.21. The Hall–Kier alpha value is -2.45. The summed E-state index contributed by atoms with van der Waals surface area (Å²) in [5.41, 5.74) is 1.97. The lowest BCUT2D eigenvalue weighted by molar-refractivity contribution is 0.0601. The number of aryl methyl sites for hydroxylation is 1. The van der Waals surface area contributed by atoms with E-state index in [0.29, 0.717) is 21.9 Å². The van der Waals surface area contributed by atoms with Crippen molar-refractivity contribution < 1.29 is 19.1 Å². The van der Waals surface area contributed by atoms with E-state index in [-0.39, 0.29) is 17.1 Å². The topological polar surface area (TPSA) is 76.7 Å². The summed E-state index contributed by atoms with van der Waals surface area (Å²) in [5.74, 6) is -0.130. The number of thiophene rings is 1. The minimum absolute atomic E-state index is 0.0126. The number of methoxy groups -OCH3 is 1. The third-order valence-electron chi connectivity index (χ3n) is 4.23. The van der Waals surface area contributed by atoms with E-state index in [0.717, 1.165) is 29.7 Å². The molecule has 0 atom stereocenters. The predicted molar refractivity (Wildman–Crippen MR) is 114 cm³/mol. The number of hydrogen-bond acceptors (Lipinski definition) is 6. The maximum atomic E-state index is 12.5. The summed E-state index contributed by atoms with van der Waals surface area (Å²) >= 11 is 6.77. The zero-order valence-electron chi connectivity index (χ0n) is 16.0. The number of carbonyl (C=O) groups excluding carboxylic acids is 2. The fourth-order valence-corrected chi connectivity index (χ4v) is 4.64. The molecule has 1 aliphatic rings. The number of amides is 1. The van der Waals surface area contributed by atoms with Crippen LogP contribution in [-0.4, -0.2) is 30.2 Å². The third kappa shape index (κ3) is 4.51. The van der Waals surface area contributed by atoms with Crippen molar-refractivity contribution in [3.8, 4) is 5.75 Å². The van der Waals surface area contributed by atoms with Crippen molar-refractivity contribution in [1.82, 2.24) is 5.32 Å². The van der Waals surface area contributed by atoms with Crippen LogP contribution >= 0.6 is 23.6 Å². The van der Waals surface area contributed by atoms with Crippen LogP contribution in [0.3, 0.4) is 0 Å². The van der Waals surface area contributed by atoms with Gasteiger partial charge in [0.15, 0.2) is 5.11 Å². The molecule has 28 heavy (non-hydrogen) atoms. The SMILES string of the molecule is COC(=O)c1c(NC(=S)NC(=O)c2cccc(OC(C)C)c2)sc2c1CCC2. The van der Waals surface area contributed by atoms with Gasteiger partial charge in [0.1, 0.15) is 10.8 Å². The lowest BCUT2D eigenvalue weighted by Crippen LogP contribution is -2.34. The standard InChI is InChI=1S/C20H22N2O4S2/c1-11(2)26-13-7-4-6-12(10-13)17(23)21-20(27)22-18-16(19(24)25-3)14-8-5-9-15(14)28-18/h4,6-7,10-11H,5,8-9H2,1-3H3,(H2,21,22,23,27). The molecular formula is C20H22N2O4S2. The third-order valence-corrected chi connectivity index (χ3v) is 5.64. The summed E-state index contributed by atoms with van der Waals surface area (Å²) in [7, 11) is 1.36. The van der Waals surface area contributed by atoms with E-state index in [1.165, 1.54) is 18.4 Å². The number of rotatable bonds is 5. The van der Waals surface area contributed by atoms with Gasteiger partial charge in [-0.25, -0.2) is 4.79 Å². The predicted octanol–water partition coefficient (Wildman–Crippen LogP) is 3.94. The van der Waals surface area contributed by atoms with E-state index in [2.05, 4.69) is 10.6 Å². The molecule has 8 heteroatoms. The van der Waals surface area contributed by atoms with Crippen LogP contribution in [0.15, 0.2) is 24.3 Å². The summed E-state index contributed by atoms with van der Waals surface area (Å²) in [5, 5.41) is 6.38. The number of benzene rings is 1. The van der Waals surface area contributed by atoms with E-state index in [1.54, 1.807) is 24.3 Å². The molecular weight excluding hydrogens is 396 g/mol. The second-order valence-corrected chi connectivity index (χ2v) is 8.17. The van der Waals surface area contributed by atoms with Crippen LogP contribution in [0.25, 0.3) is 0 Å². The molecule has 1 heterocycles. The van der Waals surface area contributed by atoms with Gasteiger partial charge in [0, 0.05) is 10.4 Å². The summed E-state index contributed by atoms with van der Waals surface area (Å²) in [6.45, 7) is 3.84. The lowest BCUT2D eigenvalue weighted by atomic mass is 10.1. The molecule has 0 spiro atoms. The molecule has 1 aromatic heterocycles. The maximum absolute atomic E-state index is 12.5. The monoisotopic (exact) mass is 418 g/mol. The largest absolute Gasteiger partial charge is 0.491 e. The Balaban J connectivity index is 1.71. The van der Waals surface area contributed by atoms with Gasteiger partial charge >= 0.3 is 5.97 Å². The van der Waals surface area contributed by atoms with Gasteiger partial charge in [0.2, 0.25) is 0 Å². The van der Waals surface area contributed by atoms with Crippen LogP contribution < -0.4 is 15.4 Å². The minimum Gasteiger partial charge on any atom is -0.491 e. The molecule has 1 aliphatic carbocycles. The number of nitrogens with one attached hydrogen (secondary N) is 2. The average molecular weight is 419 g/mol. The number of esters is 1. The van der Waals surface area contributed by atoms with E-state index in [1.807, 2.05) is 13.8 Å². The molecule has 1 aromatic carbocycles. The van der Waals surface area contributed by atoms with Crippen molar-refractivity contribution >= 4 is 45.5 Å². The Morgan fingerprint density at radius 2 is 2.04 bits per heavy atom. The molecule has 0 saturated carbocycles. The molecule has 0 unspecified atom stereocenters. The summed E-state index contributed by atoms with van der Waals surface area (Å²) < 4.78 is 10.5. The van der Waals surface area contributed by atoms with Crippen LogP contribution in [0.2, 0.25) is 0 Å². The van der Waals surface area contributed by atoms with Crippen molar-refractivity contribution in [2.75, 3.05) is 12.4 Å². The number of thiocarbonyl (C=S) groups is 1. The number of hydrogen-bond donors (Lipinski definition) is 2. The molecule has 0 radical (unpaired) electrons. The van der Waals surface area contributed by atoms with Gasteiger partial charge in [-0.2, -0.15) is 0 Å². The second kappa shape index (κ2) is 8.70. The van der Waals surface area contributed by atoms with Gasteiger partial charge in [0.25, 0.3) is 5.91 Å². The summed E-state index contributed by atoms with van der Waals surface area (Å²) in [4.78, 5) is 25.9. The molecule has 0 saturated heterocycles. The van der Waals surface area contributed by atoms with Gasteiger partial charge in [-0.3, -0.25) is 10.1 Å². The van der Waals surface area contributed by atoms with E-state index < -0.39 is 5.97 Å². The highest BCUT2D eigenvalue weighted by Crippen LogP contribution is 2.39. The second-order valence-electron chi connectivity index (χ2n) is 6.66. The maximum Gasteiger partial charge on any atom is 0.341 e. The van der Waals surface area contributed by atoms with Crippen molar-refractivity contribution in [1.29, 1.82) is 0 Å². The van der Waals surface area contributed by atoms with Crippen LogP contribution in [0.5, 0.6) is 5.75 Å². The Labute approximate surface area is 173 Å². The number of anilines is 1. The van der Waals surface area contributed by atoms with Crippen molar-refractivity contribution in [3.63, 3.8) is 0 Å². The van der Waals surface area contributed by atoms with Crippen LogP contribution in [0, 0.1) is 0 Å². The normalized spacial score (nSPS) is 12.4. The molecule has 2 aromatic rings. The zero-order chi connectivity index (χ0) is 20.3. The molecule has 6 nitrogen and oxygen atoms in total. The first-order chi connectivity index (χ1) is 13.4. The zero-order valence-corrected chi connectivity index (χ0v) is 17.6. The molecule has 0 fully saturated rings.